The van der Waals surface area contributed by atoms with Crippen LogP contribution in [0, 0.1) is 11.8 Å². The van der Waals surface area contributed by atoms with E-state index in [-0.39, 0.29) is 0 Å². The highest BCUT2D eigenvalue weighted by atomic mass is 15.2. The van der Waals surface area contributed by atoms with Crippen LogP contribution in [0.25, 0.3) is 0 Å². The van der Waals surface area contributed by atoms with Crippen LogP contribution >= 0.6 is 0 Å². The van der Waals surface area contributed by atoms with E-state index in [1.54, 1.807) is 0 Å². The lowest BCUT2D eigenvalue weighted by molar-refractivity contribution is 0.129. The Morgan fingerprint density at radius 3 is 2.00 bits per heavy atom. The molecule has 1 saturated heterocycles. The SMILES string of the molecule is CC(C)[C@@H](C)CN1CCN(C)CC1. The Hall–Kier alpha value is -0.0800. The Bertz CT molecular complexity index is 137. The molecule has 2 nitrogen and oxygen atoms in total. The minimum absolute atomic E-state index is 0.819. The monoisotopic (exact) mass is 184 g/mol. The van der Waals surface area contributed by atoms with Crippen molar-refractivity contribution in [1.29, 1.82) is 0 Å². The van der Waals surface area contributed by atoms with E-state index in [4.69, 9.17) is 0 Å². The lowest BCUT2D eigenvalue weighted by Crippen LogP contribution is -2.46. The number of nitrogens with zero attached hydrogens (tertiary/aromatic N) is 2. The molecule has 0 aromatic heterocycles. The fourth-order valence-electron chi connectivity index (χ4n) is 1.65. The summed E-state index contributed by atoms with van der Waals surface area (Å²) in [5.41, 5.74) is 0. The molecule has 1 heterocycles. The summed E-state index contributed by atoms with van der Waals surface area (Å²) >= 11 is 0. The topological polar surface area (TPSA) is 6.48 Å². The molecular formula is C11H24N2. The predicted octanol–water partition coefficient (Wildman–Crippen LogP) is 1.53. The molecule has 0 unspecified atom stereocenters. The van der Waals surface area contributed by atoms with Gasteiger partial charge in [0.05, 0.1) is 0 Å². The van der Waals surface area contributed by atoms with Crippen LogP contribution in [-0.2, 0) is 0 Å². The standard InChI is InChI=1S/C11H24N2/c1-10(2)11(3)9-13-7-5-12(4)6-8-13/h10-11H,5-9H2,1-4H3/t11-/m0/s1. The van der Waals surface area contributed by atoms with Gasteiger partial charge in [-0.2, -0.15) is 0 Å². The normalized spacial score (nSPS) is 23.8. The Balaban J connectivity index is 2.22. The van der Waals surface area contributed by atoms with Gasteiger partial charge in [-0.05, 0) is 18.9 Å². The van der Waals surface area contributed by atoms with E-state index in [1.165, 1.54) is 32.7 Å². The molecule has 0 bridgehead atoms. The van der Waals surface area contributed by atoms with Crippen molar-refractivity contribution < 1.29 is 0 Å². The first-order valence-electron chi connectivity index (χ1n) is 5.50. The third kappa shape index (κ3) is 3.65. The van der Waals surface area contributed by atoms with Gasteiger partial charge in [0.25, 0.3) is 0 Å². The molecule has 0 saturated carbocycles. The lowest BCUT2D eigenvalue weighted by atomic mass is 9.97. The highest BCUT2D eigenvalue weighted by molar-refractivity contribution is 4.72. The first kappa shape index (κ1) is 11.0. The van der Waals surface area contributed by atoms with Crippen molar-refractivity contribution in [2.75, 3.05) is 39.8 Å². The first-order valence-corrected chi connectivity index (χ1v) is 5.50. The molecule has 1 aliphatic rings. The Kier molecular flexibility index (Phi) is 4.20. The number of hydrogen-bond acceptors (Lipinski definition) is 2. The molecule has 1 rings (SSSR count). The zero-order chi connectivity index (χ0) is 9.84. The Morgan fingerprint density at radius 2 is 1.54 bits per heavy atom. The molecule has 0 aliphatic carbocycles. The van der Waals surface area contributed by atoms with E-state index in [2.05, 4.69) is 37.6 Å². The van der Waals surface area contributed by atoms with Crippen molar-refractivity contribution in [2.45, 2.75) is 20.8 Å². The van der Waals surface area contributed by atoms with E-state index in [1.807, 2.05) is 0 Å². The largest absolute Gasteiger partial charge is 0.304 e. The molecule has 1 fully saturated rings. The molecule has 0 amide bonds. The number of likely N-dealkylation sites (N-methyl/N-ethyl adjacent to an activating group) is 1. The smallest absolute Gasteiger partial charge is 0.0110 e. The number of hydrogen-bond donors (Lipinski definition) is 0. The van der Waals surface area contributed by atoms with Gasteiger partial charge in [0.2, 0.25) is 0 Å². The fourth-order valence-corrected chi connectivity index (χ4v) is 1.65. The molecule has 13 heavy (non-hydrogen) atoms. The van der Waals surface area contributed by atoms with E-state index >= 15 is 0 Å². The zero-order valence-electron chi connectivity index (χ0n) is 9.58. The molecule has 0 N–H and O–H groups in total. The molecule has 2 heteroatoms. The second-order valence-corrected chi connectivity index (χ2v) is 4.83. The van der Waals surface area contributed by atoms with Crippen molar-refractivity contribution in [1.82, 2.24) is 9.80 Å². The summed E-state index contributed by atoms with van der Waals surface area (Å²) in [5.74, 6) is 1.66. The highest BCUT2D eigenvalue weighted by Gasteiger charge is 2.17. The summed E-state index contributed by atoms with van der Waals surface area (Å²) in [6.45, 7) is 13.3. The molecule has 0 spiro atoms. The molecule has 78 valence electrons. The van der Waals surface area contributed by atoms with Gasteiger partial charge in [0.15, 0.2) is 0 Å². The Labute approximate surface area is 82.9 Å². The van der Waals surface area contributed by atoms with Gasteiger partial charge in [-0.1, -0.05) is 20.8 Å². The fraction of sp³-hybridized carbons (Fsp3) is 1.00. The second kappa shape index (κ2) is 4.97. The zero-order valence-corrected chi connectivity index (χ0v) is 9.58. The van der Waals surface area contributed by atoms with Crippen molar-refractivity contribution in [3.8, 4) is 0 Å². The first-order chi connectivity index (χ1) is 6.09. The Morgan fingerprint density at radius 1 is 1.00 bits per heavy atom. The third-order valence-corrected chi connectivity index (χ3v) is 3.28. The van der Waals surface area contributed by atoms with Crippen molar-refractivity contribution in [3.05, 3.63) is 0 Å². The average Bonchev–Trinajstić information content (AvgIpc) is 2.08. The van der Waals surface area contributed by atoms with Gasteiger partial charge in [0.1, 0.15) is 0 Å². The third-order valence-electron chi connectivity index (χ3n) is 3.28. The van der Waals surface area contributed by atoms with E-state index in [9.17, 15) is 0 Å². The van der Waals surface area contributed by atoms with Crippen LogP contribution in [-0.4, -0.2) is 49.6 Å². The van der Waals surface area contributed by atoms with Crippen LogP contribution in [0.2, 0.25) is 0 Å². The average molecular weight is 184 g/mol. The van der Waals surface area contributed by atoms with Gasteiger partial charge in [-0.3, -0.25) is 0 Å². The van der Waals surface area contributed by atoms with Crippen LogP contribution in [0.1, 0.15) is 20.8 Å². The van der Waals surface area contributed by atoms with Crippen molar-refractivity contribution in [3.63, 3.8) is 0 Å². The summed E-state index contributed by atoms with van der Waals surface area (Å²) in [4.78, 5) is 5.02. The van der Waals surface area contributed by atoms with Gasteiger partial charge in [-0.15, -0.1) is 0 Å². The maximum atomic E-state index is 2.60. The maximum absolute atomic E-state index is 2.60. The number of piperazine rings is 1. The van der Waals surface area contributed by atoms with Crippen molar-refractivity contribution in [2.24, 2.45) is 11.8 Å². The second-order valence-electron chi connectivity index (χ2n) is 4.83. The summed E-state index contributed by atoms with van der Waals surface area (Å²) in [6, 6.07) is 0. The van der Waals surface area contributed by atoms with Crippen LogP contribution < -0.4 is 0 Å². The summed E-state index contributed by atoms with van der Waals surface area (Å²) in [5, 5.41) is 0. The lowest BCUT2D eigenvalue weighted by Gasteiger charge is -2.34. The minimum atomic E-state index is 0.819. The van der Waals surface area contributed by atoms with Gasteiger partial charge < -0.3 is 9.80 Å². The number of rotatable bonds is 3. The molecule has 0 radical (unpaired) electrons. The van der Waals surface area contributed by atoms with Gasteiger partial charge in [-0.25, -0.2) is 0 Å². The van der Waals surface area contributed by atoms with Crippen molar-refractivity contribution >= 4 is 0 Å². The van der Waals surface area contributed by atoms with E-state index in [0.29, 0.717) is 0 Å². The maximum Gasteiger partial charge on any atom is 0.0110 e. The van der Waals surface area contributed by atoms with Crippen LogP contribution in [0.5, 0.6) is 0 Å². The quantitative estimate of drug-likeness (QED) is 0.656. The molecule has 0 aromatic rings. The minimum Gasteiger partial charge on any atom is -0.304 e. The summed E-state index contributed by atoms with van der Waals surface area (Å²) in [6.07, 6.45) is 0. The van der Waals surface area contributed by atoms with Crippen LogP contribution in [0.3, 0.4) is 0 Å². The molecule has 1 atom stereocenters. The van der Waals surface area contributed by atoms with Crippen LogP contribution in [0.15, 0.2) is 0 Å². The van der Waals surface area contributed by atoms with Gasteiger partial charge >= 0.3 is 0 Å². The summed E-state index contributed by atoms with van der Waals surface area (Å²) in [7, 11) is 2.21. The van der Waals surface area contributed by atoms with E-state index < -0.39 is 0 Å². The molecular weight excluding hydrogens is 160 g/mol. The summed E-state index contributed by atoms with van der Waals surface area (Å²) < 4.78 is 0. The molecule has 1 aliphatic heterocycles. The predicted molar refractivity (Wildman–Crippen MR) is 57.9 cm³/mol. The molecule has 0 aromatic carbocycles. The highest BCUT2D eigenvalue weighted by Crippen LogP contribution is 2.12. The van der Waals surface area contributed by atoms with Crippen LogP contribution in [0.4, 0.5) is 0 Å². The van der Waals surface area contributed by atoms with Gasteiger partial charge in [0, 0.05) is 32.7 Å². The van der Waals surface area contributed by atoms with E-state index in [0.717, 1.165) is 11.8 Å².